The van der Waals surface area contributed by atoms with Crippen molar-refractivity contribution < 1.29 is 72.6 Å². The quantitative estimate of drug-likeness (QED) is 0.163. The van der Waals surface area contributed by atoms with Gasteiger partial charge in [-0.3, -0.25) is 28.8 Å². The molecule has 3 N–H and O–H groups in total. The first kappa shape index (κ1) is 38.9. The summed E-state index contributed by atoms with van der Waals surface area (Å²) in [6, 6.07) is 5.27. The second-order valence-corrected chi connectivity index (χ2v) is 19.3. The van der Waals surface area contributed by atoms with E-state index in [1.54, 1.807) is 39.8 Å². The molecular formula is C42H48N2O15. The Morgan fingerprint density at radius 1 is 0.797 bits per heavy atom. The largest absolute Gasteiger partial charge is 0.462 e. The summed E-state index contributed by atoms with van der Waals surface area (Å²) in [5, 5.41) is 39.5. The van der Waals surface area contributed by atoms with Crippen molar-refractivity contribution in [3.05, 3.63) is 35.4 Å². The first-order chi connectivity index (χ1) is 27.6. The van der Waals surface area contributed by atoms with Crippen LogP contribution in [0.2, 0.25) is 0 Å². The van der Waals surface area contributed by atoms with Crippen molar-refractivity contribution in [3.63, 3.8) is 0 Å². The number of ketones is 1. The van der Waals surface area contributed by atoms with Crippen LogP contribution < -0.4 is 0 Å². The lowest BCUT2D eigenvalue weighted by atomic mass is 9.41. The molecule has 0 bridgehead atoms. The van der Waals surface area contributed by atoms with E-state index in [2.05, 4.69) is 0 Å². The van der Waals surface area contributed by atoms with Gasteiger partial charge >= 0.3 is 23.9 Å². The van der Waals surface area contributed by atoms with E-state index >= 15 is 0 Å². The molecule has 21 atom stereocenters. The number of hydrogen-bond acceptors (Lipinski definition) is 16. The number of Topliss-reactive ketones (excluding diaryl/α,β-unsaturated/α-hetero) is 1. The molecule has 1 aromatic carbocycles. The second kappa shape index (κ2) is 11.5. The Bertz CT molecular complexity index is 2160. The van der Waals surface area contributed by atoms with Crippen molar-refractivity contribution in [3.8, 4) is 0 Å². The molecule has 17 heteroatoms. The molecule has 10 rings (SSSR count). The highest BCUT2D eigenvalue weighted by Gasteiger charge is 2.96. The average Bonchev–Trinajstić information content (AvgIpc) is 4.02. The highest BCUT2D eigenvalue weighted by Crippen LogP contribution is 2.82. The van der Waals surface area contributed by atoms with Crippen molar-refractivity contribution in [2.45, 2.75) is 122 Å². The molecular weight excluding hydrogens is 772 g/mol. The third-order valence-corrected chi connectivity index (χ3v) is 17.1. The van der Waals surface area contributed by atoms with E-state index in [1.165, 1.54) is 44.8 Å². The molecule has 3 unspecified atom stereocenters. The van der Waals surface area contributed by atoms with Crippen molar-refractivity contribution >= 4 is 41.5 Å². The van der Waals surface area contributed by atoms with Gasteiger partial charge in [-0.05, 0) is 37.3 Å². The fourth-order valence-electron chi connectivity index (χ4n) is 14.9. The van der Waals surface area contributed by atoms with Crippen molar-refractivity contribution in [2.24, 2.45) is 57.7 Å². The van der Waals surface area contributed by atoms with Gasteiger partial charge in [0.15, 0.2) is 11.4 Å². The van der Waals surface area contributed by atoms with Gasteiger partial charge in [0, 0.05) is 61.2 Å². The number of amides is 2. The fraction of sp³-hybridized carbons (Fsp3) is 0.690. The number of nitrogens with zero attached hydrogens (tertiary/aromatic N) is 2. The minimum atomic E-state index is -2.38. The van der Waals surface area contributed by atoms with Crippen LogP contribution in [0.25, 0.3) is 0 Å². The number of hydrogen-bond donors (Lipinski definition) is 3. The summed E-state index contributed by atoms with van der Waals surface area (Å²) >= 11 is 0. The minimum Gasteiger partial charge on any atom is -0.462 e. The summed E-state index contributed by atoms with van der Waals surface area (Å²) in [5.41, 5.74) is -8.78. The third kappa shape index (κ3) is 4.16. The second-order valence-electron chi connectivity index (χ2n) is 19.3. The molecule has 59 heavy (non-hydrogen) atoms. The lowest BCUT2D eigenvalue weighted by molar-refractivity contribution is -0.272. The number of ether oxygens (including phenoxy) is 5. The molecule has 1 spiro atoms. The van der Waals surface area contributed by atoms with Gasteiger partial charge in [-0.2, -0.15) is 10.0 Å². The molecule has 3 saturated heterocycles. The number of hydrazine groups is 1. The number of carbonyl (C=O) groups excluding carboxylic acids is 7. The zero-order chi connectivity index (χ0) is 42.6. The van der Waals surface area contributed by atoms with Crippen LogP contribution in [-0.4, -0.2) is 127 Å². The summed E-state index contributed by atoms with van der Waals surface area (Å²) in [6.45, 7) is 11.6. The fourth-order valence-corrected chi connectivity index (χ4v) is 14.9. The first-order valence-corrected chi connectivity index (χ1v) is 20.4. The molecule has 316 valence electrons. The highest BCUT2D eigenvalue weighted by atomic mass is 16.6. The Hall–Kier alpha value is -4.29. The zero-order valence-corrected chi connectivity index (χ0v) is 33.8. The summed E-state index contributed by atoms with van der Waals surface area (Å²) in [7, 11) is 0. The molecule has 4 heterocycles. The smallest absolute Gasteiger partial charge is 0.340 e. The first-order valence-electron chi connectivity index (χ1n) is 20.4. The summed E-state index contributed by atoms with van der Waals surface area (Å²) in [4.78, 5) is 97.2. The van der Waals surface area contributed by atoms with E-state index in [1.807, 2.05) is 0 Å². The predicted octanol–water partition coefficient (Wildman–Crippen LogP) is 0.550. The molecule has 9 aliphatic rings. The van der Waals surface area contributed by atoms with Crippen LogP contribution in [0.5, 0.6) is 0 Å². The Kier molecular flexibility index (Phi) is 7.61. The number of esters is 4. The summed E-state index contributed by atoms with van der Waals surface area (Å²) < 4.78 is 31.0. The number of imide groups is 1. The van der Waals surface area contributed by atoms with Crippen molar-refractivity contribution in [1.82, 2.24) is 10.0 Å². The SMILES string of the molecule is CC(=O)O[C@H]1[C@@H]2[C@H]([C@H](C)[C@H]3N(N4C(=O)c5ccccc5C4=O)[C@]34OC(=O)[C@@](C)(O)[C@]24C)[C@]2(C)[C@@H]1C1C([C@H](OC(C)=O)[C@@H]2OC(C)=O)[C@]2(C)[C@H](C[C@@H]3O[C@@H]3[C@@H]2O)C(=O)[C@@H]1O. The van der Waals surface area contributed by atoms with Crippen LogP contribution in [0.1, 0.15) is 82.5 Å². The number of aliphatic hydroxyl groups is 3. The van der Waals surface area contributed by atoms with Gasteiger partial charge in [-0.15, -0.1) is 0 Å². The monoisotopic (exact) mass is 820 g/mol. The van der Waals surface area contributed by atoms with Crippen LogP contribution in [0.3, 0.4) is 0 Å². The lowest BCUT2D eigenvalue weighted by Crippen LogP contribution is -2.74. The van der Waals surface area contributed by atoms with Crippen LogP contribution in [0.15, 0.2) is 24.3 Å². The van der Waals surface area contributed by atoms with Gasteiger partial charge in [-0.1, -0.05) is 39.8 Å². The van der Waals surface area contributed by atoms with Gasteiger partial charge in [0.2, 0.25) is 5.72 Å². The molecule has 4 aliphatic heterocycles. The molecule has 0 radical (unpaired) electrons. The van der Waals surface area contributed by atoms with Crippen LogP contribution >= 0.6 is 0 Å². The highest BCUT2D eigenvalue weighted by molar-refractivity contribution is 6.21. The van der Waals surface area contributed by atoms with E-state index < -0.39 is 159 Å². The number of aliphatic hydroxyl groups excluding tert-OH is 2. The topological polar surface area (TPSA) is 236 Å². The molecule has 1 aromatic rings. The maximum Gasteiger partial charge on any atom is 0.340 e. The Morgan fingerprint density at radius 3 is 1.93 bits per heavy atom. The molecule has 2 amide bonds. The Balaban J connectivity index is 1.22. The maximum absolute atomic E-state index is 14.6. The zero-order valence-electron chi connectivity index (χ0n) is 33.8. The van der Waals surface area contributed by atoms with Gasteiger partial charge in [-0.25, -0.2) is 4.79 Å². The van der Waals surface area contributed by atoms with Gasteiger partial charge < -0.3 is 39.0 Å². The van der Waals surface area contributed by atoms with E-state index in [4.69, 9.17) is 23.7 Å². The minimum absolute atomic E-state index is 0.126. The van der Waals surface area contributed by atoms with Gasteiger partial charge in [0.05, 0.1) is 34.8 Å². The van der Waals surface area contributed by atoms with Crippen LogP contribution in [0, 0.1) is 57.7 Å². The van der Waals surface area contributed by atoms with Crippen LogP contribution in [-0.2, 0) is 47.7 Å². The van der Waals surface area contributed by atoms with Crippen LogP contribution in [0.4, 0.5) is 0 Å². The van der Waals surface area contributed by atoms with Crippen molar-refractivity contribution in [2.75, 3.05) is 0 Å². The summed E-state index contributed by atoms with van der Waals surface area (Å²) in [6.07, 6.45) is -8.09. The molecule has 8 fully saturated rings. The molecule has 5 aliphatic carbocycles. The number of fused-ring (bicyclic) bond motifs is 10. The van der Waals surface area contributed by atoms with Gasteiger partial charge in [0.1, 0.15) is 30.5 Å². The normalized spacial score (nSPS) is 53.0. The van der Waals surface area contributed by atoms with E-state index in [0.717, 1.165) is 5.01 Å². The number of carbonyl (C=O) groups is 7. The standard InChI is InChI=1S/C42H48N2O15/c1-14-23-26(40(7)41(8,54)37(53)59-42(40)32(14)44(42)43-35(51)18-11-9-10-12-19(18)36(43)52)30(55-15(2)45)24-22-25(31(56-16(3)46)34(39(23,24)6)57-17(4)47)38(5)20(27(48)28(22)49)13-21-29(58-21)33(38)50/h9-12,14,20-26,28-34,49-50,54H,13H2,1-8H3/t14-,20+,21-,22?,23-,24+,25?,26-,28+,29-,30+,31-,32+,33-,34-,38-,39+,40-,41+,42-,44?/m0/s1. The molecule has 0 aromatic heterocycles. The summed E-state index contributed by atoms with van der Waals surface area (Å²) in [5.74, 6) is -12.5. The number of rotatable bonds is 4. The lowest BCUT2D eigenvalue weighted by Gasteiger charge is -2.65. The predicted molar refractivity (Wildman–Crippen MR) is 193 cm³/mol. The third-order valence-electron chi connectivity index (χ3n) is 17.1. The number of benzene rings is 1. The number of epoxide rings is 1. The van der Waals surface area contributed by atoms with Crippen molar-refractivity contribution in [1.29, 1.82) is 0 Å². The van der Waals surface area contributed by atoms with E-state index in [0.29, 0.717) is 0 Å². The average molecular weight is 821 g/mol. The van der Waals surface area contributed by atoms with Gasteiger partial charge in [0.25, 0.3) is 11.8 Å². The maximum atomic E-state index is 14.6. The molecule has 5 saturated carbocycles. The van der Waals surface area contributed by atoms with E-state index in [9.17, 15) is 48.9 Å². The molecule has 17 nitrogen and oxygen atoms in total. The Labute approximate surface area is 338 Å². The van der Waals surface area contributed by atoms with E-state index in [-0.39, 0.29) is 17.5 Å². The Morgan fingerprint density at radius 2 is 1.36 bits per heavy atom.